The van der Waals surface area contributed by atoms with E-state index in [0.717, 1.165) is 38.8 Å². The van der Waals surface area contributed by atoms with Gasteiger partial charge in [-0.15, -0.1) is 0 Å². The van der Waals surface area contributed by atoms with E-state index in [2.05, 4.69) is 54.6 Å². The number of carbonyl (C=O) groups is 1. The van der Waals surface area contributed by atoms with Crippen LogP contribution in [0.1, 0.15) is 50.4 Å². The van der Waals surface area contributed by atoms with Crippen LogP contribution < -0.4 is 0 Å². The van der Waals surface area contributed by atoms with Gasteiger partial charge in [0.25, 0.3) is 0 Å². The number of piperidine rings is 1. The third-order valence-electron chi connectivity index (χ3n) is 7.24. The first-order valence-electron chi connectivity index (χ1n) is 9.93. The third-order valence-corrected chi connectivity index (χ3v) is 7.24. The highest BCUT2D eigenvalue weighted by atomic mass is 16.5. The van der Waals surface area contributed by atoms with Gasteiger partial charge >= 0.3 is 5.97 Å². The van der Waals surface area contributed by atoms with Crippen LogP contribution in [0.2, 0.25) is 0 Å². The lowest BCUT2D eigenvalue weighted by Crippen LogP contribution is -2.53. The number of benzene rings is 1. The molecule has 2 aliphatic rings. The predicted octanol–water partition coefficient (Wildman–Crippen LogP) is 4.08. The molecule has 0 spiro atoms. The summed E-state index contributed by atoms with van der Waals surface area (Å²) in [4.78, 5) is 15.2. The summed E-state index contributed by atoms with van der Waals surface area (Å²) in [5.41, 5.74) is 4.15. The summed E-state index contributed by atoms with van der Waals surface area (Å²) in [5, 5.41) is 1.38. The van der Waals surface area contributed by atoms with Gasteiger partial charge in [-0.2, -0.15) is 0 Å². The number of aromatic nitrogens is 1. The van der Waals surface area contributed by atoms with Crippen molar-refractivity contribution < 1.29 is 9.53 Å². The lowest BCUT2D eigenvalue weighted by atomic mass is 9.61. The van der Waals surface area contributed by atoms with E-state index in [1.807, 2.05) is 0 Å². The maximum absolute atomic E-state index is 12.6. The Balaban J connectivity index is 1.94. The molecule has 0 amide bonds. The summed E-state index contributed by atoms with van der Waals surface area (Å²) in [6.07, 6.45) is 4.33. The Morgan fingerprint density at radius 2 is 2.12 bits per heavy atom. The SMILES string of the molecule is CC[C@@]1(C(C)C(=O)OC)CCCN2CCc3c(n(C)c4ccccc34)[C@@H]21. The Bertz CT molecular complexity index is 840. The summed E-state index contributed by atoms with van der Waals surface area (Å²) in [7, 11) is 3.72. The quantitative estimate of drug-likeness (QED) is 0.779. The van der Waals surface area contributed by atoms with Crippen molar-refractivity contribution in [3.05, 3.63) is 35.5 Å². The molecule has 0 bridgehead atoms. The van der Waals surface area contributed by atoms with Crippen LogP contribution in [0.25, 0.3) is 10.9 Å². The van der Waals surface area contributed by atoms with Gasteiger partial charge in [0.05, 0.1) is 19.1 Å². The van der Waals surface area contributed by atoms with Gasteiger partial charge in [-0.25, -0.2) is 0 Å². The zero-order valence-corrected chi connectivity index (χ0v) is 16.4. The van der Waals surface area contributed by atoms with Crippen LogP contribution in [-0.2, 0) is 23.0 Å². The van der Waals surface area contributed by atoms with Crippen LogP contribution in [-0.4, -0.2) is 35.6 Å². The van der Waals surface area contributed by atoms with E-state index in [9.17, 15) is 4.79 Å². The minimum Gasteiger partial charge on any atom is -0.469 e. The fourth-order valence-electron chi connectivity index (χ4n) is 5.83. The first-order valence-corrected chi connectivity index (χ1v) is 9.93. The zero-order chi connectivity index (χ0) is 18.5. The standard InChI is InChI=1S/C22H30N2O2/c1-5-22(15(2)21(25)26-4)12-8-13-24-14-11-17-16-9-6-7-10-18(16)23(3)19(17)20(22)24/h6-7,9-10,15,20H,5,8,11-14H2,1-4H3/t15?,20-,22+/m1/s1. The average molecular weight is 354 g/mol. The number of nitrogens with zero attached hydrogens (tertiary/aromatic N) is 2. The normalized spacial score (nSPS) is 27.0. The molecule has 4 heteroatoms. The van der Waals surface area contributed by atoms with E-state index < -0.39 is 0 Å². The number of methoxy groups -OCH3 is 1. The molecule has 2 aromatic rings. The summed E-state index contributed by atoms with van der Waals surface area (Å²) >= 11 is 0. The molecule has 4 nitrogen and oxygen atoms in total. The smallest absolute Gasteiger partial charge is 0.309 e. The lowest BCUT2D eigenvalue weighted by Gasteiger charge is -2.54. The summed E-state index contributed by atoms with van der Waals surface area (Å²) in [6.45, 7) is 6.54. The second kappa shape index (κ2) is 6.41. The van der Waals surface area contributed by atoms with Gasteiger partial charge in [-0.05, 0) is 43.9 Å². The molecule has 0 aliphatic carbocycles. The Kier molecular flexibility index (Phi) is 4.34. The number of carbonyl (C=O) groups excluding carboxylic acids is 1. The number of esters is 1. The van der Waals surface area contributed by atoms with Gasteiger partial charge < -0.3 is 9.30 Å². The second-order valence-corrected chi connectivity index (χ2v) is 8.06. The fraction of sp³-hybridized carbons (Fsp3) is 0.591. The van der Waals surface area contributed by atoms with Gasteiger partial charge in [-0.3, -0.25) is 9.69 Å². The number of hydrogen-bond donors (Lipinski definition) is 0. The Hall–Kier alpha value is -1.81. The number of para-hydroxylation sites is 1. The highest BCUT2D eigenvalue weighted by Gasteiger charge is 2.53. The van der Waals surface area contributed by atoms with Crippen molar-refractivity contribution in [2.45, 2.75) is 45.6 Å². The molecular formula is C22H30N2O2. The van der Waals surface area contributed by atoms with Gasteiger partial charge in [0.15, 0.2) is 0 Å². The summed E-state index contributed by atoms with van der Waals surface area (Å²) in [5.74, 6) is -0.172. The Morgan fingerprint density at radius 1 is 1.35 bits per heavy atom. The maximum atomic E-state index is 12.6. The van der Waals surface area contributed by atoms with Crippen LogP contribution in [0.4, 0.5) is 0 Å². The molecule has 1 unspecified atom stereocenters. The number of fused-ring (bicyclic) bond motifs is 5. The first kappa shape index (κ1) is 17.6. The van der Waals surface area contributed by atoms with Crippen molar-refractivity contribution in [2.75, 3.05) is 20.2 Å². The van der Waals surface area contributed by atoms with Crippen molar-refractivity contribution >= 4 is 16.9 Å². The molecule has 0 radical (unpaired) electrons. The van der Waals surface area contributed by atoms with Crippen molar-refractivity contribution in [2.24, 2.45) is 18.4 Å². The van der Waals surface area contributed by atoms with Crippen LogP contribution in [0.3, 0.4) is 0 Å². The van der Waals surface area contributed by atoms with Crippen LogP contribution in [0.5, 0.6) is 0 Å². The zero-order valence-electron chi connectivity index (χ0n) is 16.4. The van der Waals surface area contributed by atoms with Gasteiger partial charge in [0.2, 0.25) is 0 Å². The molecule has 3 atom stereocenters. The van der Waals surface area contributed by atoms with Crippen LogP contribution in [0.15, 0.2) is 24.3 Å². The minimum absolute atomic E-state index is 0.0668. The molecule has 26 heavy (non-hydrogen) atoms. The van der Waals surface area contributed by atoms with Crippen molar-refractivity contribution in [3.63, 3.8) is 0 Å². The number of ether oxygens (including phenoxy) is 1. The van der Waals surface area contributed by atoms with Crippen LogP contribution in [0, 0.1) is 11.3 Å². The molecule has 4 rings (SSSR count). The lowest BCUT2D eigenvalue weighted by molar-refractivity contribution is -0.155. The van der Waals surface area contributed by atoms with Gasteiger partial charge in [0.1, 0.15) is 0 Å². The predicted molar refractivity (Wildman–Crippen MR) is 104 cm³/mol. The van der Waals surface area contributed by atoms with Gasteiger partial charge in [-0.1, -0.05) is 32.0 Å². The molecule has 140 valence electrons. The number of aryl methyl sites for hydroxylation is 1. The van der Waals surface area contributed by atoms with Gasteiger partial charge in [0, 0.05) is 35.6 Å². The Morgan fingerprint density at radius 3 is 2.85 bits per heavy atom. The Labute approximate surface area is 156 Å². The molecule has 1 saturated heterocycles. The van der Waals surface area contributed by atoms with E-state index in [0.29, 0.717) is 0 Å². The fourth-order valence-corrected chi connectivity index (χ4v) is 5.83. The molecule has 1 fully saturated rings. The largest absolute Gasteiger partial charge is 0.469 e. The molecule has 3 heterocycles. The highest BCUT2D eigenvalue weighted by molar-refractivity contribution is 5.86. The monoisotopic (exact) mass is 354 g/mol. The van der Waals surface area contributed by atoms with Crippen molar-refractivity contribution in [3.8, 4) is 0 Å². The van der Waals surface area contributed by atoms with E-state index in [-0.39, 0.29) is 23.3 Å². The molecule has 0 N–H and O–H groups in total. The van der Waals surface area contributed by atoms with Crippen molar-refractivity contribution in [1.82, 2.24) is 9.47 Å². The minimum atomic E-state index is -0.103. The van der Waals surface area contributed by atoms with E-state index >= 15 is 0 Å². The molecule has 1 aromatic heterocycles. The summed E-state index contributed by atoms with van der Waals surface area (Å²) < 4.78 is 7.57. The number of hydrogen-bond acceptors (Lipinski definition) is 3. The third kappa shape index (κ3) is 2.27. The second-order valence-electron chi connectivity index (χ2n) is 8.06. The molecule has 0 saturated carbocycles. The average Bonchev–Trinajstić information content (AvgIpc) is 2.99. The number of rotatable bonds is 3. The van der Waals surface area contributed by atoms with E-state index in [1.165, 1.54) is 29.3 Å². The first-order chi connectivity index (χ1) is 12.5. The van der Waals surface area contributed by atoms with E-state index in [4.69, 9.17) is 4.74 Å². The maximum Gasteiger partial charge on any atom is 0.309 e. The molecule has 1 aromatic carbocycles. The molecule has 2 aliphatic heterocycles. The highest BCUT2D eigenvalue weighted by Crippen LogP contribution is 2.56. The van der Waals surface area contributed by atoms with E-state index in [1.54, 1.807) is 0 Å². The molecular weight excluding hydrogens is 324 g/mol. The van der Waals surface area contributed by atoms with Crippen molar-refractivity contribution in [1.29, 1.82) is 0 Å². The topological polar surface area (TPSA) is 34.5 Å². The summed E-state index contributed by atoms with van der Waals surface area (Å²) in [6, 6.07) is 9.02. The van der Waals surface area contributed by atoms with Crippen LogP contribution >= 0.6 is 0 Å².